The van der Waals surface area contributed by atoms with Crippen LogP contribution in [-0.2, 0) is 0 Å². The third-order valence-corrected chi connectivity index (χ3v) is 2.37. The summed E-state index contributed by atoms with van der Waals surface area (Å²) in [6.45, 7) is 0. The first-order valence-electron chi connectivity index (χ1n) is 5.41. The van der Waals surface area contributed by atoms with Gasteiger partial charge in [0.1, 0.15) is 11.4 Å². The van der Waals surface area contributed by atoms with E-state index in [0.29, 0.717) is 17.1 Å². The number of hydrogen-bond acceptors (Lipinski definition) is 7. The first kappa shape index (κ1) is 12.6. The van der Waals surface area contributed by atoms with Crippen LogP contribution in [0.2, 0.25) is 0 Å². The van der Waals surface area contributed by atoms with E-state index in [1.807, 2.05) is 0 Å². The molecule has 1 aromatic heterocycles. The number of phenols is 1. The summed E-state index contributed by atoms with van der Waals surface area (Å²) in [5, 5.41) is 17.1. The smallest absolute Gasteiger partial charge is 0.168 e. The van der Waals surface area contributed by atoms with Crippen molar-refractivity contribution in [3.05, 3.63) is 30.3 Å². The number of aromatic nitrogens is 1. The van der Waals surface area contributed by atoms with Crippen molar-refractivity contribution in [2.75, 3.05) is 18.6 Å². The van der Waals surface area contributed by atoms with Gasteiger partial charge in [-0.05, 0) is 24.3 Å². The Labute approximate surface area is 109 Å². The quantitative estimate of drug-likeness (QED) is 0.731. The van der Waals surface area contributed by atoms with Gasteiger partial charge in [0.15, 0.2) is 17.4 Å². The predicted molar refractivity (Wildman–Crippen MR) is 71.9 cm³/mol. The molecule has 0 bridgehead atoms. The van der Waals surface area contributed by atoms with Crippen LogP contribution < -0.4 is 16.2 Å². The number of methoxy groups -OCH3 is 1. The van der Waals surface area contributed by atoms with Gasteiger partial charge in [0.05, 0.1) is 12.8 Å². The Kier molecular flexibility index (Phi) is 3.46. The van der Waals surface area contributed by atoms with E-state index in [1.165, 1.54) is 19.2 Å². The highest BCUT2D eigenvalue weighted by Gasteiger charge is 2.07. The number of pyridine rings is 1. The molecule has 7 heteroatoms. The lowest BCUT2D eigenvalue weighted by atomic mass is 10.3. The summed E-state index contributed by atoms with van der Waals surface area (Å²) in [6.07, 6.45) is 0. The van der Waals surface area contributed by atoms with E-state index in [-0.39, 0.29) is 17.4 Å². The van der Waals surface area contributed by atoms with Crippen LogP contribution in [0.3, 0.4) is 0 Å². The van der Waals surface area contributed by atoms with Crippen molar-refractivity contribution in [2.45, 2.75) is 0 Å². The summed E-state index contributed by atoms with van der Waals surface area (Å²) in [7, 11) is 1.48. The summed E-state index contributed by atoms with van der Waals surface area (Å²) in [6, 6.07) is 7.83. The number of nitrogen functional groups attached to an aromatic ring is 2. The van der Waals surface area contributed by atoms with Crippen molar-refractivity contribution in [2.24, 2.45) is 10.2 Å². The zero-order chi connectivity index (χ0) is 13.8. The Morgan fingerprint density at radius 3 is 2.42 bits per heavy atom. The summed E-state index contributed by atoms with van der Waals surface area (Å²) in [5.74, 6) is 0.910. The number of anilines is 2. The second kappa shape index (κ2) is 5.21. The van der Waals surface area contributed by atoms with Crippen LogP contribution in [-0.4, -0.2) is 17.2 Å². The Balaban J connectivity index is 2.30. The molecule has 2 aromatic rings. The summed E-state index contributed by atoms with van der Waals surface area (Å²) < 4.78 is 5.03. The van der Waals surface area contributed by atoms with Crippen molar-refractivity contribution in [1.29, 1.82) is 0 Å². The number of rotatable bonds is 3. The van der Waals surface area contributed by atoms with Gasteiger partial charge >= 0.3 is 0 Å². The van der Waals surface area contributed by atoms with Gasteiger partial charge in [-0.25, -0.2) is 4.98 Å². The molecule has 0 aliphatic carbocycles. The minimum atomic E-state index is 0.161. The number of benzene rings is 1. The molecule has 0 aliphatic heterocycles. The first-order valence-corrected chi connectivity index (χ1v) is 5.41. The van der Waals surface area contributed by atoms with E-state index >= 15 is 0 Å². The van der Waals surface area contributed by atoms with Crippen LogP contribution in [0.5, 0.6) is 11.5 Å². The fraction of sp³-hybridized carbons (Fsp3) is 0.0833. The number of ether oxygens (including phenoxy) is 1. The van der Waals surface area contributed by atoms with Gasteiger partial charge in [-0.3, -0.25) is 0 Å². The van der Waals surface area contributed by atoms with Crippen LogP contribution in [0.25, 0.3) is 0 Å². The number of aromatic hydroxyl groups is 1. The van der Waals surface area contributed by atoms with Gasteiger partial charge in [0.25, 0.3) is 0 Å². The number of azo groups is 1. The molecule has 0 unspecified atom stereocenters. The van der Waals surface area contributed by atoms with Crippen LogP contribution in [0.15, 0.2) is 40.6 Å². The minimum absolute atomic E-state index is 0.161. The van der Waals surface area contributed by atoms with E-state index in [2.05, 4.69) is 15.2 Å². The van der Waals surface area contributed by atoms with Gasteiger partial charge in [-0.2, -0.15) is 5.11 Å². The van der Waals surface area contributed by atoms with Gasteiger partial charge in [-0.15, -0.1) is 5.11 Å². The van der Waals surface area contributed by atoms with Crippen LogP contribution in [0, 0.1) is 0 Å². The second-order valence-corrected chi connectivity index (χ2v) is 3.70. The van der Waals surface area contributed by atoms with Crippen molar-refractivity contribution in [3.63, 3.8) is 0 Å². The molecule has 5 N–H and O–H groups in total. The van der Waals surface area contributed by atoms with Crippen LogP contribution >= 0.6 is 0 Å². The lowest BCUT2D eigenvalue weighted by Crippen LogP contribution is -1.99. The summed E-state index contributed by atoms with van der Waals surface area (Å²) >= 11 is 0. The average molecular weight is 259 g/mol. The third-order valence-electron chi connectivity index (χ3n) is 2.37. The maximum absolute atomic E-state index is 9.15. The van der Waals surface area contributed by atoms with Crippen molar-refractivity contribution in [1.82, 2.24) is 4.98 Å². The SMILES string of the molecule is COc1cc(/N=N/c2ccc(O)cc2)c(N)nc1N. The van der Waals surface area contributed by atoms with Crippen LogP contribution in [0.1, 0.15) is 0 Å². The number of hydrogen-bond donors (Lipinski definition) is 3. The highest BCUT2D eigenvalue weighted by atomic mass is 16.5. The fourth-order valence-corrected chi connectivity index (χ4v) is 1.39. The van der Waals surface area contributed by atoms with Crippen LogP contribution in [0.4, 0.5) is 23.0 Å². The summed E-state index contributed by atoms with van der Waals surface area (Å²) in [4.78, 5) is 3.91. The maximum atomic E-state index is 9.15. The topological polar surface area (TPSA) is 119 Å². The van der Waals surface area contributed by atoms with E-state index in [1.54, 1.807) is 18.2 Å². The first-order chi connectivity index (χ1) is 9.10. The van der Waals surface area contributed by atoms with E-state index in [4.69, 9.17) is 21.3 Å². The van der Waals surface area contributed by atoms with E-state index in [0.717, 1.165) is 0 Å². The van der Waals surface area contributed by atoms with Gasteiger partial charge in [0, 0.05) is 6.07 Å². The zero-order valence-electron chi connectivity index (χ0n) is 10.2. The molecule has 0 amide bonds. The van der Waals surface area contributed by atoms with Crippen molar-refractivity contribution < 1.29 is 9.84 Å². The standard InChI is InChI=1S/C12H13N5O2/c1-19-10-6-9(11(13)15-12(10)14)17-16-7-2-4-8(18)5-3-7/h2-6,18H,1H3,(H4,13,14,15)/b17-16+. The van der Waals surface area contributed by atoms with Crippen molar-refractivity contribution >= 4 is 23.0 Å². The molecule has 7 nitrogen and oxygen atoms in total. The highest BCUT2D eigenvalue weighted by Crippen LogP contribution is 2.31. The molecule has 0 atom stereocenters. The molecule has 19 heavy (non-hydrogen) atoms. The Hall–Kier alpha value is -2.83. The third kappa shape index (κ3) is 2.89. The Bertz CT molecular complexity index is 610. The lowest BCUT2D eigenvalue weighted by Gasteiger charge is -2.05. The van der Waals surface area contributed by atoms with Gasteiger partial charge in [0.2, 0.25) is 0 Å². The minimum Gasteiger partial charge on any atom is -0.508 e. The molecule has 0 spiro atoms. The molecule has 1 aromatic carbocycles. The molecular formula is C12H13N5O2. The monoisotopic (exact) mass is 259 g/mol. The summed E-state index contributed by atoms with van der Waals surface area (Å²) in [5.41, 5.74) is 12.2. The average Bonchev–Trinajstić information content (AvgIpc) is 2.40. The highest BCUT2D eigenvalue weighted by molar-refractivity contribution is 5.66. The molecule has 2 rings (SSSR count). The molecular weight excluding hydrogens is 246 g/mol. The second-order valence-electron chi connectivity index (χ2n) is 3.70. The maximum Gasteiger partial charge on any atom is 0.168 e. The molecule has 0 radical (unpaired) electrons. The zero-order valence-corrected chi connectivity index (χ0v) is 10.2. The molecule has 0 aliphatic rings. The van der Waals surface area contributed by atoms with E-state index < -0.39 is 0 Å². The number of nitrogens with zero attached hydrogens (tertiary/aromatic N) is 3. The fourth-order valence-electron chi connectivity index (χ4n) is 1.39. The Morgan fingerprint density at radius 2 is 1.79 bits per heavy atom. The molecule has 98 valence electrons. The molecule has 0 saturated heterocycles. The molecule has 0 fully saturated rings. The normalized spacial score (nSPS) is 10.8. The van der Waals surface area contributed by atoms with Crippen molar-refractivity contribution in [3.8, 4) is 11.5 Å². The number of nitrogens with two attached hydrogens (primary N) is 2. The number of phenolic OH excluding ortho intramolecular Hbond substituents is 1. The van der Waals surface area contributed by atoms with E-state index in [9.17, 15) is 0 Å². The largest absolute Gasteiger partial charge is 0.508 e. The molecule has 1 heterocycles. The lowest BCUT2D eigenvalue weighted by molar-refractivity contribution is 0.415. The van der Waals surface area contributed by atoms with Gasteiger partial charge < -0.3 is 21.3 Å². The Morgan fingerprint density at radius 1 is 1.11 bits per heavy atom. The predicted octanol–water partition coefficient (Wildman–Crippen LogP) is 2.38. The molecule has 0 saturated carbocycles. The van der Waals surface area contributed by atoms with Gasteiger partial charge in [-0.1, -0.05) is 0 Å².